The maximum atomic E-state index is 11.8. The number of carbonyl (C=O) groups excluding carboxylic acids is 1. The van der Waals surface area contributed by atoms with Crippen LogP contribution in [0.2, 0.25) is 0 Å². The van der Waals surface area contributed by atoms with Crippen molar-refractivity contribution in [2.75, 3.05) is 6.54 Å². The van der Waals surface area contributed by atoms with E-state index in [9.17, 15) is 4.79 Å². The molecular weight excluding hydrogens is 226 g/mol. The van der Waals surface area contributed by atoms with E-state index in [4.69, 9.17) is 16.5 Å². The predicted molar refractivity (Wildman–Crippen MR) is 62.8 cm³/mol. The lowest BCUT2D eigenvalue weighted by Crippen LogP contribution is -2.30. The van der Waals surface area contributed by atoms with Gasteiger partial charge >= 0.3 is 0 Å². The molecule has 0 spiro atoms. The Bertz CT molecular complexity index is 417. The molecule has 0 aliphatic carbocycles. The first-order chi connectivity index (χ1) is 7.58. The summed E-state index contributed by atoms with van der Waals surface area (Å²) in [5.41, 5.74) is 1.69. The quantitative estimate of drug-likeness (QED) is 0.743. The molecule has 1 amide bonds. The Balaban J connectivity index is 2.33. The summed E-state index contributed by atoms with van der Waals surface area (Å²) in [6.07, 6.45) is 0.899. The predicted octanol–water partition coefficient (Wildman–Crippen LogP) is 2.63. The second kappa shape index (κ2) is 4.34. The molecule has 4 heteroatoms. The average Bonchev–Trinajstić information content (AvgIpc) is 2.23. The summed E-state index contributed by atoms with van der Waals surface area (Å²) in [5, 5.41) is 0. The van der Waals surface area contributed by atoms with E-state index >= 15 is 0 Å². The third-order valence-corrected chi connectivity index (χ3v) is 2.80. The summed E-state index contributed by atoms with van der Waals surface area (Å²) in [6, 6.07) is 5.61. The van der Waals surface area contributed by atoms with Crippen LogP contribution in [0.3, 0.4) is 0 Å². The Labute approximate surface area is 100 Å². The molecule has 2 rings (SSSR count). The standard InChI is InChI=1S/C12H14ClNO2/c1-8(2)16-10-4-3-9-5-6-14(13)12(15)11(9)7-10/h3-4,7-8H,5-6H2,1-2H3. The Morgan fingerprint density at radius 3 is 2.88 bits per heavy atom. The fourth-order valence-corrected chi connectivity index (χ4v) is 1.94. The SMILES string of the molecule is CC(C)Oc1ccc2c(c1)C(=O)N(Cl)CC2. The largest absolute Gasteiger partial charge is 0.491 e. The van der Waals surface area contributed by atoms with Crippen LogP contribution in [0.4, 0.5) is 0 Å². The van der Waals surface area contributed by atoms with Crippen molar-refractivity contribution in [3.8, 4) is 5.75 Å². The Kier molecular flexibility index (Phi) is 3.06. The molecule has 1 aromatic rings. The van der Waals surface area contributed by atoms with Gasteiger partial charge in [0.15, 0.2) is 0 Å². The molecule has 86 valence electrons. The molecule has 1 heterocycles. The van der Waals surface area contributed by atoms with Crippen LogP contribution in [-0.2, 0) is 6.42 Å². The minimum absolute atomic E-state index is 0.101. The van der Waals surface area contributed by atoms with Gasteiger partial charge in [-0.1, -0.05) is 6.07 Å². The van der Waals surface area contributed by atoms with Gasteiger partial charge in [-0.25, -0.2) is 0 Å². The Morgan fingerprint density at radius 1 is 1.44 bits per heavy atom. The normalized spacial score (nSPS) is 15.2. The topological polar surface area (TPSA) is 29.5 Å². The highest BCUT2D eigenvalue weighted by atomic mass is 35.5. The van der Waals surface area contributed by atoms with Crippen molar-refractivity contribution in [3.05, 3.63) is 29.3 Å². The molecular formula is C12H14ClNO2. The van der Waals surface area contributed by atoms with Crippen LogP contribution < -0.4 is 4.74 Å². The molecule has 0 saturated heterocycles. The van der Waals surface area contributed by atoms with Crippen LogP contribution in [0, 0.1) is 0 Å². The lowest BCUT2D eigenvalue weighted by Gasteiger charge is -2.22. The maximum Gasteiger partial charge on any atom is 0.268 e. The molecule has 3 nitrogen and oxygen atoms in total. The van der Waals surface area contributed by atoms with Crippen molar-refractivity contribution in [3.63, 3.8) is 0 Å². The van der Waals surface area contributed by atoms with Gasteiger partial charge in [0, 0.05) is 23.9 Å². The van der Waals surface area contributed by atoms with Crippen LogP contribution in [0.25, 0.3) is 0 Å². The molecule has 0 aromatic heterocycles. The summed E-state index contributed by atoms with van der Waals surface area (Å²) < 4.78 is 6.77. The zero-order valence-corrected chi connectivity index (χ0v) is 10.1. The first-order valence-corrected chi connectivity index (χ1v) is 5.69. The van der Waals surface area contributed by atoms with E-state index in [1.165, 1.54) is 4.42 Å². The van der Waals surface area contributed by atoms with Gasteiger partial charge < -0.3 is 4.74 Å². The lowest BCUT2D eigenvalue weighted by atomic mass is 10.0. The van der Waals surface area contributed by atoms with Crippen LogP contribution in [0.1, 0.15) is 29.8 Å². The second-order valence-corrected chi connectivity index (χ2v) is 4.53. The van der Waals surface area contributed by atoms with Crippen LogP contribution in [-0.4, -0.2) is 23.0 Å². The fourth-order valence-electron chi connectivity index (χ4n) is 1.77. The Morgan fingerprint density at radius 2 is 2.19 bits per heavy atom. The molecule has 1 aromatic carbocycles. The highest BCUT2D eigenvalue weighted by Gasteiger charge is 2.23. The van der Waals surface area contributed by atoms with Gasteiger partial charge in [0.2, 0.25) is 0 Å². The highest BCUT2D eigenvalue weighted by molar-refractivity contribution is 6.24. The van der Waals surface area contributed by atoms with E-state index < -0.39 is 0 Å². The van der Waals surface area contributed by atoms with Crippen LogP contribution in [0.15, 0.2) is 18.2 Å². The molecule has 0 bridgehead atoms. The Hall–Kier alpha value is -1.22. The van der Waals surface area contributed by atoms with E-state index in [0.717, 1.165) is 12.0 Å². The third-order valence-electron chi connectivity index (χ3n) is 2.48. The van der Waals surface area contributed by atoms with E-state index in [1.807, 2.05) is 26.0 Å². The zero-order chi connectivity index (χ0) is 11.7. The van der Waals surface area contributed by atoms with Crippen LogP contribution in [0.5, 0.6) is 5.75 Å². The number of benzene rings is 1. The number of carbonyl (C=O) groups is 1. The minimum Gasteiger partial charge on any atom is -0.491 e. The number of fused-ring (bicyclic) bond motifs is 1. The molecule has 0 saturated carbocycles. The summed E-state index contributed by atoms with van der Waals surface area (Å²) >= 11 is 5.80. The van der Waals surface area contributed by atoms with E-state index in [-0.39, 0.29) is 12.0 Å². The van der Waals surface area contributed by atoms with Crippen LogP contribution >= 0.6 is 11.8 Å². The van der Waals surface area contributed by atoms with Crippen molar-refractivity contribution < 1.29 is 9.53 Å². The van der Waals surface area contributed by atoms with Gasteiger partial charge in [0.25, 0.3) is 5.91 Å². The average molecular weight is 240 g/mol. The molecule has 0 fully saturated rings. The summed E-state index contributed by atoms with van der Waals surface area (Å²) in [4.78, 5) is 11.8. The number of hydrogen-bond acceptors (Lipinski definition) is 2. The van der Waals surface area contributed by atoms with Crippen molar-refractivity contribution in [2.45, 2.75) is 26.4 Å². The fraction of sp³-hybridized carbons (Fsp3) is 0.417. The first kappa shape index (κ1) is 11.3. The third kappa shape index (κ3) is 2.14. The second-order valence-electron chi connectivity index (χ2n) is 4.13. The number of amides is 1. The zero-order valence-electron chi connectivity index (χ0n) is 9.37. The van der Waals surface area contributed by atoms with Gasteiger partial charge in [-0.05, 0) is 38.0 Å². The summed E-state index contributed by atoms with van der Waals surface area (Å²) in [6.45, 7) is 4.47. The number of halogens is 1. The number of hydrogen-bond donors (Lipinski definition) is 0. The summed E-state index contributed by atoms with van der Waals surface area (Å²) in [7, 11) is 0. The molecule has 0 atom stereocenters. The highest BCUT2D eigenvalue weighted by Crippen LogP contribution is 2.25. The van der Waals surface area contributed by atoms with E-state index in [1.54, 1.807) is 6.07 Å². The number of rotatable bonds is 2. The van der Waals surface area contributed by atoms with Gasteiger partial charge in [-0.15, -0.1) is 0 Å². The van der Waals surface area contributed by atoms with E-state index in [0.29, 0.717) is 17.9 Å². The van der Waals surface area contributed by atoms with Gasteiger partial charge in [-0.3, -0.25) is 9.21 Å². The van der Waals surface area contributed by atoms with Gasteiger partial charge in [0.05, 0.1) is 6.10 Å². The molecule has 1 aliphatic heterocycles. The van der Waals surface area contributed by atoms with Crippen molar-refractivity contribution in [2.24, 2.45) is 0 Å². The van der Waals surface area contributed by atoms with Gasteiger partial charge in [-0.2, -0.15) is 0 Å². The van der Waals surface area contributed by atoms with Crippen molar-refractivity contribution in [1.29, 1.82) is 0 Å². The van der Waals surface area contributed by atoms with Crippen molar-refractivity contribution in [1.82, 2.24) is 4.42 Å². The molecule has 0 radical (unpaired) electrons. The molecule has 1 aliphatic rings. The van der Waals surface area contributed by atoms with Crippen molar-refractivity contribution >= 4 is 17.7 Å². The molecule has 16 heavy (non-hydrogen) atoms. The number of ether oxygens (including phenoxy) is 1. The maximum absolute atomic E-state index is 11.8. The first-order valence-electron chi connectivity index (χ1n) is 5.35. The smallest absolute Gasteiger partial charge is 0.268 e. The molecule has 0 N–H and O–H groups in total. The summed E-state index contributed by atoms with van der Waals surface area (Å²) in [5.74, 6) is 0.575. The monoisotopic (exact) mass is 239 g/mol. The minimum atomic E-state index is -0.142. The van der Waals surface area contributed by atoms with Gasteiger partial charge in [0.1, 0.15) is 5.75 Å². The molecule has 0 unspecified atom stereocenters. The van der Waals surface area contributed by atoms with E-state index in [2.05, 4.69) is 0 Å². The lowest BCUT2D eigenvalue weighted by molar-refractivity contribution is 0.0851. The number of nitrogens with zero attached hydrogens (tertiary/aromatic N) is 1.